The van der Waals surface area contributed by atoms with Crippen molar-refractivity contribution in [1.82, 2.24) is 10.2 Å². The fourth-order valence-electron chi connectivity index (χ4n) is 2.44. The number of carboxylic acids is 1. The van der Waals surface area contributed by atoms with Crippen LogP contribution in [0.15, 0.2) is 18.2 Å². The van der Waals surface area contributed by atoms with Gasteiger partial charge in [-0.15, -0.1) is 0 Å². The zero-order valence-electron chi connectivity index (χ0n) is 14.1. The minimum atomic E-state index is -0.978. The first-order chi connectivity index (χ1) is 11.3. The largest absolute Gasteiger partial charge is 0.480 e. The van der Waals surface area contributed by atoms with E-state index < -0.39 is 23.9 Å². The lowest BCUT2D eigenvalue weighted by Crippen LogP contribution is -2.48. The molecule has 7 heteroatoms. The number of rotatable bonds is 6. The second-order valence-corrected chi connectivity index (χ2v) is 6.22. The van der Waals surface area contributed by atoms with Gasteiger partial charge in [0.2, 0.25) is 5.91 Å². The van der Waals surface area contributed by atoms with Gasteiger partial charge in [-0.2, -0.15) is 0 Å². The van der Waals surface area contributed by atoms with Crippen molar-refractivity contribution in [3.8, 4) is 0 Å². The Hall–Kier alpha value is -2.41. The Kier molecular flexibility index (Phi) is 5.56. The maximum absolute atomic E-state index is 12.0. The number of amides is 3. The van der Waals surface area contributed by atoms with Crippen molar-refractivity contribution in [2.75, 3.05) is 11.9 Å². The van der Waals surface area contributed by atoms with Gasteiger partial charge < -0.3 is 10.4 Å². The molecule has 3 N–H and O–H groups in total. The van der Waals surface area contributed by atoms with E-state index in [2.05, 4.69) is 10.6 Å². The average Bonchev–Trinajstić information content (AvgIpc) is 3.32. The van der Waals surface area contributed by atoms with Gasteiger partial charge in [0.25, 0.3) is 0 Å². The van der Waals surface area contributed by atoms with Crippen LogP contribution in [-0.2, 0) is 9.59 Å². The molecule has 7 nitrogen and oxygen atoms in total. The van der Waals surface area contributed by atoms with Crippen molar-refractivity contribution in [2.45, 2.75) is 45.7 Å². The molecule has 1 aliphatic carbocycles. The second kappa shape index (κ2) is 7.44. The van der Waals surface area contributed by atoms with Crippen molar-refractivity contribution in [2.24, 2.45) is 0 Å². The zero-order valence-corrected chi connectivity index (χ0v) is 14.1. The molecular formula is C17H23N3O4. The van der Waals surface area contributed by atoms with E-state index in [1.807, 2.05) is 26.0 Å². The molecule has 1 fully saturated rings. The summed E-state index contributed by atoms with van der Waals surface area (Å²) in [5.41, 5.74) is 2.75. The van der Waals surface area contributed by atoms with Crippen LogP contribution in [0.1, 0.15) is 30.9 Å². The number of anilines is 1. The summed E-state index contributed by atoms with van der Waals surface area (Å²) in [7, 11) is 0. The Morgan fingerprint density at radius 3 is 2.46 bits per heavy atom. The highest BCUT2D eigenvalue weighted by Gasteiger charge is 2.36. The molecule has 0 bridgehead atoms. The van der Waals surface area contributed by atoms with Gasteiger partial charge in [0, 0.05) is 11.7 Å². The summed E-state index contributed by atoms with van der Waals surface area (Å²) < 4.78 is 0. The number of carboxylic acid groups (broad SMARTS) is 1. The SMILES string of the molecule is Cc1ccc(NC(=O)NC(=O)CN(C2CC2)C(C)C(=O)O)cc1C. The Bertz CT molecular complexity index is 655. The Balaban J connectivity index is 1.89. The number of imide groups is 1. The predicted octanol–water partition coefficient (Wildman–Crippen LogP) is 1.89. The van der Waals surface area contributed by atoms with Crippen LogP contribution in [0.2, 0.25) is 0 Å². The van der Waals surface area contributed by atoms with Crippen molar-refractivity contribution in [3.05, 3.63) is 29.3 Å². The number of aliphatic carboxylic acids is 1. The number of nitrogens with zero attached hydrogens (tertiary/aromatic N) is 1. The summed E-state index contributed by atoms with van der Waals surface area (Å²) in [5, 5.41) is 14.0. The van der Waals surface area contributed by atoms with E-state index >= 15 is 0 Å². The fraction of sp³-hybridized carbons (Fsp3) is 0.471. The number of hydrogen-bond acceptors (Lipinski definition) is 4. The molecule has 0 spiro atoms. The van der Waals surface area contributed by atoms with E-state index in [-0.39, 0.29) is 12.6 Å². The highest BCUT2D eigenvalue weighted by Crippen LogP contribution is 2.28. The Morgan fingerprint density at radius 2 is 1.92 bits per heavy atom. The number of nitrogens with one attached hydrogen (secondary N) is 2. The van der Waals surface area contributed by atoms with Crippen molar-refractivity contribution < 1.29 is 19.5 Å². The van der Waals surface area contributed by atoms with Gasteiger partial charge in [-0.25, -0.2) is 4.79 Å². The molecule has 0 saturated heterocycles. The third-order valence-electron chi connectivity index (χ3n) is 4.21. The number of benzene rings is 1. The first kappa shape index (κ1) is 17.9. The summed E-state index contributed by atoms with van der Waals surface area (Å²) in [6.07, 6.45) is 1.75. The maximum atomic E-state index is 12.0. The van der Waals surface area contributed by atoms with Crippen LogP contribution in [0, 0.1) is 13.8 Å². The molecule has 1 saturated carbocycles. The molecule has 24 heavy (non-hydrogen) atoms. The molecule has 1 aromatic rings. The molecule has 3 amide bonds. The van der Waals surface area contributed by atoms with Crippen LogP contribution < -0.4 is 10.6 Å². The van der Waals surface area contributed by atoms with Gasteiger partial charge in [-0.3, -0.25) is 19.8 Å². The number of carbonyl (C=O) groups excluding carboxylic acids is 2. The van der Waals surface area contributed by atoms with Crippen molar-refractivity contribution >= 4 is 23.6 Å². The summed E-state index contributed by atoms with van der Waals surface area (Å²) in [5.74, 6) is -1.49. The summed E-state index contributed by atoms with van der Waals surface area (Å²) in [6.45, 7) is 5.34. The van der Waals surface area contributed by atoms with Crippen molar-refractivity contribution in [1.29, 1.82) is 0 Å². The minimum Gasteiger partial charge on any atom is -0.480 e. The lowest BCUT2D eigenvalue weighted by Gasteiger charge is -2.25. The lowest BCUT2D eigenvalue weighted by molar-refractivity contribution is -0.143. The summed E-state index contributed by atoms with van der Waals surface area (Å²) >= 11 is 0. The highest BCUT2D eigenvalue weighted by atomic mass is 16.4. The van der Waals surface area contributed by atoms with Crippen LogP contribution in [0.3, 0.4) is 0 Å². The quantitative estimate of drug-likeness (QED) is 0.738. The van der Waals surface area contributed by atoms with E-state index in [9.17, 15) is 14.4 Å². The topological polar surface area (TPSA) is 98.7 Å². The monoisotopic (exact) mass is 333 g/mol. The smallest absolute Gasteiger partial charge is 0.325 e. The minimum absolute atomic E-state index is 0.102. The average molecular weight is 333 g/mol. The van der Waals surface area contributed by atoms with Crippen LogP contribution in [0.25, 0.3) is 0 Å². The standard InChI is InChI=1S/C17H23N3O4/c1-10-4-5-13(8-11(10)2)18-17(24)19-15(21)9-20(14-6-7-14)12(3)16(22)23/h4-5,8,12,14H,6-7,9H2,1-3H3,(H,22,23)(H2,18,19,21,24). The molecule has 1 aromatic carbocycles. The van der Waals surface area contributed by atoms with E-state index in [1.165, 1.54) is 0 Å². The third-order valence-corrected chi connectivity index (χ3v) is 4.21. The highest BCUT2D eigenvalue weighted by molar-refractivity contribution is 6.01. The molecule has 2 rings (SSSR count). The van der Waals surface area contributed by atoms with E-state index in [1.54, 1.807) is 17.9 Å². The molecule has 0 radical (unpaired) electrons. The number of hydrogen-bond donors (Lipinski definition) is 3. The molecule has 1 unspecified atom stereocenters. The number of urea groups is 1. The second-order valence-electron chi connectivity index (χ2n) is 6.22. The van der Waals surface area contributed by atoms with E-state index in [0.29, 0.717) is 5.69 Å². The molecule has 0 aromatic heterocycles. The summed E-state index contributed by atoms with van der Waals surface area (Å²) in [4.78, 5) is 36.7. The maximum Gasteiger partial charge on any atom is 0.325 e. The molecule has 0 heterocycles. The van der Waals surface area contributed by atoms with Crippen LogP contribution in [0.5, 0.6) is 0 Å². The summed E-state index contributed by atoms with van der Waals surface area (Å²) in [6, 6.07) is 4.19. The molecule has 1 aliphatic rings. The van der Waals surface area contributed by atoms with Crippen molar-refractivity contribution in [3.63, 3.8) is 0 Å². The van der Waals surface area contributed by atoms with Gasteiger partial charge in [-0.05, 0) is 56.9 Å². The first-order valence-corrected chi connectivity index (χ1v) is 7.94. The van der Waals surface area contributed by atoms with E-state index in [4.69, 9.17) is 5.11 Å². The molecule has 130 valence electrons. The van der Waals surface area contributed by atoms with Crippen LogP contribution in [0.4, 0.5) is 10.5 Å². The van der Waals surface area contributed by atoms with Gasteiger partial charge in [0.05, 0.1) is 6.54 Å². The Morgan fingerprint density at radius 1 is 1.25 bits per heavy atom. The lowest BCUT2D eigenvalue weighted by atomic mass is 10.1. The Labute approximate surface area is 141 Å². The number of aryl methyl sites for hydroxylation is 2. The van der Waals surface area contributed by atoms with Crippen LogP contribution in [-0.4, -0.2) is 46.5 Å². The predicted molar refractivity (Wildman–Crippen MR) is 89.9 cm³/mol. The normalized spacial score (nSPS) is 15.0. The zero-order chi connectivity index (χ0) is 17.9. The van der Waals surface area contributed by atoms with Crippen LogP contribution >= 0.6 is 0 Å². The fourth-order valence-corrected chi connectivity index (χ4v) is 2.44. The number of carbonyl (C=O) groups is 3. The van der Waals surface area contributed by atoms with Gasteiger partial charge >= 0.3 is 12.0 Å². The molecule has 0 aliphatic heterocycles. The van der Waals surface area contributed by atoms with Gasteiger partial charge in [-0.1, -0.05) is 6.07 Å². The van der Waals surface area contributed by atoms with Gasteiger partial charge in [0.15, 0.2) is 0 Å². The first-order valence-electron chi connectivity index (χ1n) is 7.94. The third kappa shape index (κ3) is 4.79. The molecule has 1 atom stereocenters. The molecular weight excluding hydrogens is 310 g/mol. The van der Waals surface area contributed by atoms with Gasteiger partial charge in [0.1, 0.15) is 6.04 Å². The van der Waals surface area contributed by atoms with E-state index in [0.717, 1.165) is 24.0 Å².